The highest BCUT2D eigenvalue weighted by atomic mass is 32.1. The number of methoxy groups -OCH3 is 1. The molecule has 0 heterocycles. The van der Waals surface area contributed by atoms with Gasteiger partial charge >= 0.3 is 0 Å². The van der Waals surface area contributed by atoms with Crippen LogP contribution in [0.2, 0.25) is 0 Å². The molecule has 0 aliphatic carbocycles. The van der Waals surface area contributed by atoms with Gasteiger partial charge in [0.15, 0.2) is 0 Å². The molecule has 0 aliphatic rings. The molecule has 1 rings (SSSR count). The van der Waals surface area contributed by atoms with E-state index in [0.717, 1.165) is 12.2 Å². The topological polar surface area (TPSA) is 9.23 Å². The lowest BCUT2D eigenvalue weighted by atomic mass is 10.2. The number of hydrogen-bond donors (Lipinski definition) is 0. The van der Waals surface area contributed by atoms with Gasteiger partial charge in [0, 0.05) is 6.42 Å². The maximum absolute atomic E-state index is 5.01. The van der Waals surface area contributed by atoms with Crippen LogP contribution >= 0.6 is 12.2 Å². The van der Waals surface area contributed by atoms with Crippen molar-refractivity contribution in [1.29, 1.82) is 0 Å². The molecule has 11 heavy (non-hydrogen) atoms. The lowest BCUT2D eigenvalue weighted by molar-refractivity contribution is 0.414. The lowest BCUT2D eigenvalue weighted by Crippen LogP contribution is -1.85. The molecule has 1 nitrogen and oxygen atoms in total. The molecule has 58 valence electrons. The van der Waals surface area contributed by atoms with E-state index in [-0.39, 0.29) is 0 Å². The van der Waals surface area contributed by atoms with Gasteiger partial charge in [0.2, 0.25) is 0 Å². The number of ether oxygens (including phenoxy) is 1. The van der Waals surface area contributed by atoms with Crippen LogP contribution in [0.25, 0.3) is 0 Å². The molecule has 0 saturated heterocycles. The second-order valence-electron chi connectivity index (χ2n) is 2.22. The minimum absolute atomic E-state index is 0.847. The highest BCUT2D eigenvalue weighted by Crippen LogP contribution is 2.10. The summed E-state index contributed by atoms with van der Waals surface area (Å²) < 4.78 is 5.01. The number of benzene rings is 1. The molecule has 0 N–H and O–H groups in total. The Kier molecular flexibility index (Phi) is 3.05. The average Bonchev–Trinajstić information content (AvgIpc) is 2.07. The van der Waals surface area contributed by atoms with Gasteiger partial charge in [-0.3, -0.25) is 0 Å². The third-order valence-electron chi connectivity index (χ3n) is 1.48. The molecule has 0 spiro atoms. The summed E-state index contributed by atoms with van der Waals surface area (Å²) in [5.41, 5.74) is 1.22. The summed E-state index contributed by atoms with van der Waals surface area (Å²) >= 11 is 4.74. The van der Waals surface area contributed by atoms with Gasteiger partial charge in [-0.15, -0.1) is 0 Å². The fourth-order valence-corrected chi connectivity index (χ4v) is 1.05. The molecule has 2 heteroatoms. The molecule has 1 aromatic carbocycles. The summed E-state index contributed by atoms with van der Waals surface area (Å²) in [5, 5.41) is 1.72. The molecular formula is C9H10OS. The minimum atomic E-state index is 0.847. The molecular weight excluding hydrogens is 156 g/mol. The fourth-order valence-electron chi connectivity index (χ4n) is 0.858. The first-order chi connectivity index (χ1) is 5.36. The van der Waals surface area contributed by atoms with E-state index in [2.05, 4.69) is 0 Å². The maximum Gasteiger partial charge on any atom is 0.118 e. The Morgan fingerprint density at radius 1 is 1.36 bits per heavy atom. The van der Waals surface area contributed by atoms with Gasteiger partial charge in [-0.25, -0.2) is 0 Å². The van der Waals surface area contributed by atoms with E-state index in [1.807, 2.05) is 24.3 Å². The predicted octanol–water partition coefficient (Wildman–Crippen LogP) is 2.24. The van der Waals surface area contributed by atoms with E-state index in [1.165, 1.54) is 5.56 Å². The highest BCUT2D eigenvalue weighted by Gasteiger charge is 1.90. The summed E-state index contributed by atoms with van der Waals surface area (Å²) in [6.07, 6.45) is 0.847. The summed E-state index contributed by atoms with van der Waals surface area (Å²) in [5.74, 6) is 0.887. The molecule has 0 aliphatic heterocycles. The van der Waals surface area contributed by atoms with Crippen molar-refractivity contribution in [3.05, 3.63) is 29.8 Å². The molecule has 0 atom stereocenters. The maximum atomic E-state index is 5.01. The average molecular weight is 166 g/mol. The predicted molar refractivity (Wildman–Crippen MR) is 50.4 cm³/mol. The first kappa shape index (κ1) is 8.21. The quantitative estimate of drug-likeness (QED) is 0.637. The van der Waals surface area contributed by atoms with Gasteiger partial charge in [0.1, 0.15) is 5.75 Å². The molecule has 0 aromatic heterocycles. The van der Waals surface area contributed by atoms with Crippen LogP contribution in [-0.4, -0.2) is 12.5 Å². The van der Waals surface area contributed by atoms with Gasteiger partial charge in [0.25, 0.3) is 0 Å². The molecule has 0 bridgehead atoms. The van der Waals surface area contributed by atoms with E-state index in [9.17, 15) is 0 Å². The lowest BCUT2D eigenvalue weighted by Gasteiger charge is -1.99. The van der Waals surface area contributed by atoms with E-state index < -0.39 is 0 Å². The second-order valence-corrected chi connectivity index (χ2v) is 2.55. The Morgan fingerprint density at radius 2 is 2.00 bits per heavy atom. The molecule has 0 saturated carbocycles. The summed E-state index contributed by atoms with van der Waals surface area (Å²) in [7, 11) is 1.66. The van der Waals surface area contributed by atoms with E-state index in [0.29, 0.717) is 0 Å². The molecule has 0 amide bonds. The van der Waals surface area contributed by atoms with Crippen LogP contribution in [0.15, 0.2) is 24.3 Å². The van der Waals surface area contributed by atoms with Crippen molar-refractivity contribution in [3.63, 3.8) is 0 Å². The Balaban J connectivity index is 2.74. The number of hydrogen-bond acceptors (Lipinski definition) is 2. The van der Waals surface area contributed by atoms with Gasteiger partial charge in [-0.1, -0.05) is 24.4 Å². The highest BCUT2D eigenvalue weighted by molar-refractivity contribution is 7.78. The van der Waals surface area contributed by atoms with Crippen LogP contribution < -0.4 is 4.74 Å². The Morgan fingerprint density at radius 3 is 2.45 bits per heavy atom. The molecule has 0 radical (unpaired) electrons. The van der Waals surface area contributed by atoms with Crippen molar-refractivity contribution in [2.75, 3.05) is 7.11 Å². The Bertz CT molecular complexity index is 228. The van der Waals surface area contributed by atoms with Crippen molar-refractivity contribution in [2.24, 2.45) is 0 Å². The summed E-state index contributed by atoms with van der Waals surface area (Å²) in [6.45, 7) is 0. The number of rotatable bonds is 3. The fraction of sp³-hybridized carbons (Fsp3) is 0.222. The van der Waals surface area contributed by atoms with Gasteiger partial charge < -0.3 is 4.74 Å². The van der Waals surface area contributed by atoms with Crippen LogP contribution in [0, 0.1) is 0 Å². The normalized spacial score (nSPS) is 9.18. The summed E-state index contributed by atoms with van der Waals surface area (Å²) in [6, 6.07) is 7.91. The van der Waals surface area contributed by atoms with Crippen molar-refractivity contribution in [3.8, 4) is 5.75 Å². The Hall–Kier alpha value is -0.890. The number of thiocarbonyl (C=S) groups is 1. The smallest absolute Gasteiger partial charge is 0.118 e. The van der Waals surface area contributed by atoms with E-state index >= 15 is 0 Å². The van der Waals surface area contributed by atoms with Crippen molar-refractivity contribution in [1.82, 2.24) is 0 Å². The van der Waals surface area contributed by atoms with Crippen molar-refractivity contribution in [2.45, 2.75) is 6.42 Å². The van der Waals surface area contributed by atoms with Crippen LogP contribution in [0.4, 0.5) is 0 Å². The molecule has 1 aromatic rings. The van der Waals surface area contributed by atoms with E-state index in [4.69, 9.17) is 17.0 Å². The molecule has 0 fully saturated rings. The first-order valence-electron chi connectivity index (χ1n) is 3.43. The summed E-state index contributed by atoms with van der Waals surface area (Å²) in [4.78, 5) is 0. The third kappa shape index (κ3) is 2.31. The SMILES string of the molecule is COc1ccc(CC=S)cc1. The minimum Gasteiger partial charge on any atom is -0.497 e. The van der Waals surface area contributed by atoms with E-state index in [1.54, 1.807) is 12.5 Å². The van der Waals surface area contributed by atoms with Crippen molar-refractivity contribution < 1.29 is 4.74 Å². The monoisotopic (exact) mass is 166 g/mol. The van der Waals surface area contributed by atoms with Gasteiger partial charge in [0.05, 0.1) is 7.11 Å². The second kappa shape index (κ2) is 4.09. The largest absolute Gasteiger partial charge is 0.497 e. The zero-order chi connectivity index (χ0) is 8.10. The zero-order valence-corrected chi connectivity index (χ0v) is 7.23. The van der Waals surface area contributed by atoms with Crippen LogP contribution in [-0.2, 0) is 6.42 Å². The van der Waals surface area contributed by atoms with Crippen LogP contribution in [0.1, 0.15) is 5.56 Å². The standard InChI is InChI=1S/C9H10OS/c1-10-9-4-2-8(3-5-9)6-7-11/h2-5,7H,6H2,1H3. The third-order valence-corrected chi connectivity index (χ3v) is 1.64. The van der Waals surface area contributed by atoms with Crippen LogP contribution in [0.3, 0.4) is 0 Å². The van der Waals surface area contributed by atoms with Gasteiger partial charge in [-0.05, 0) is 23.1 Å². The van der Waals surface area contributed by atoms with Crippen molar-refractivity contribution >= 4 is 17.6 Å². The zero-order valence-electron chi connectivity index (χ0n) is 6.41. The van der Waals surface area contributed by atoms with Crippen LogP contribution in [0.5, 0.6) is 5.75 Å². The first-order valence-corrected chi connectivity index (χ1v) is 3.90. The van der Waals surface area contributed by atoms with Gasteiger partial charge in [-0.2, -0.15) is 0 Å². The Labute approximate surface area is 72.0 Å². The molecule has 0 unspecified atom stereocenters.